The van der Waals surface area contributed by atoms with Crippen molar-refractivity contribution < 1.29 is 0 Å². The van der Waals surface area contributed by atoms with E-state index in [1.807, 2.05) is 0 Å². The summed E-state index contributed by atoms with van der Waals surface area (Å²) in [6.45, 7) is 6.41. The molecule has 1 heterocycles. The highest BCUT2D eigenvalue weighted by molar-refractivity contribution is 5.55. The lowest BCUT2D eigenvalue weighted by molar-refractivity contribution is 0.752. The molecule has 2 nitrogen and oxygen atoms in total. The van der Waals surface area contributed by atoms with Crippen LogP contribution in [0.3, 0.4) is 0 Å². The zero-order chi connectivity index (χ0) is 10.1. The zero-order valence-corrected chi connectivity index (χ0v) is 8.96. The fourth-order valence-electron chi connectivity index (χ4n) is 2.17. The molecule has 0 spiro atoms. The van der Waals surface area contributed by atoms with Crippen LogP contribution in [0.2, 0.25) is 0 Å². The van der Waals surface area contributed by atoms with E-state index in [2.05, 4.69) is 36.9 Å². The highest BCUT2D eigenvalue weighted by atomic mass is 15.2. The second kappa shape index (κ2) is 3.62. The van der Waals surface area contributed by atoms with Crippen LogP contribution in [0.1, 0.15) is 17.5 Å². The summed E-state index contributed by atoms with van der Waals surface area (Å²) in [5, 5.41) is 0. The number of aryl methyl sites for hydroxylation is 2. The lowest BCUT2D eigenvalue weighted by Crippen LogP contribution is -2.26. The molecule has 0 saturated carbocycles. The Morgan fingerprint density at radius 2 is 2.14 bits per heavy atom. The topological polar surface area (TPSA) is 29.3 Å². The van der Waals surface area contributed by atoms with Crippen LogP contribution in [0.5, 0.6) is 0 Å². The molecular weight excluding hydrogens is 172 g/mol. The van der Waals surface area contributed by atoms with Crippen LogP contribution in [0.15, 0.2) is 18.2 Å². The van der Waals surface area contributed by atoms with Crippen molar-refractivity contribution in [3.8, 4) is 0 Å². The number of hydrogen-bond acceptors (Lipinski definition) is 2. The summed E-state index contributed by atoms with van der Waals surface area (Å²) in [6.07, 6.45) is 1.12. The summed E-state index contributed by atoms with van der Waals surface area (Å²) in [5.41, 5.74) is 9.94. The van der Waals surface area contributed by atoms with Crippen molar-refractivity contribution >= 4 is 5.69 Å². The predicted octanol–water partition coefficient (Wildman–Crippen LogP) is 1.84. The van der Waals surface area contributed by atoms with Crippen molar-refractivity contribution in [2.45, 2.75) is 26.3 Å². The summed E-state index contributed by atoms with van der Waals surface area (Å²) in [4.78, 5) is 2.39. The van der Waals surface area contributed by atoms with Gasteiger partial charge in [-0.3, -0.25) is 0 Å². The molecule has 14 heavy (non-hydrogen) atoms. The van der Waals surface area contributed by atoms with Gasteiger partial charge < -0.3 is 10.6 Å². The normalized spacial score (nSPS) is 21.6. The van der Waals surface area contributed by atoms with Crippen LogP contribution in [0.4, 0.5) is 5.69 Å². The van der Waals surface area contributed by atoms with Crippen molar-refractivity contribution in [1.82, 2.24) is 0 Å². The minimum absolute atomic E-state index is 0.357. The van der Waals surface area contributed by atoms with Crippen LogP contribution in [0.25, 0.3) is 0 Å². The van der Waals surface area contributed by atoms with Gasteiger partial charge in [0.1, 0.15) is 0 Å². The van der Waals surface area contributed by atoms with E-state index in [0.717, 1.165) is 19.5 Å². The summed E-state index contributed by atoms with van der Waals surface area (Å²) in [5.74, 6) is 0. The third-order valence-corrected chi connectivity index (χ3v) is 2.92. The molecule has 0 aromatic heterocycles. The molecule has 1 aromatic rings. The van der Waals surface area contributed by atoms with Gasteiger partial charge in [0.25, 0.3) is 0 Å². The fourth-order valence-corrected chi connectivity index (χ4v) is 2.17. The van der Waals surface area contributed by atoms with Gasteiger partial charge in [-0.15, -0.1) is 0 Å². The lowest BCUT2D eigenvalue weighted by atomic mass is 10.1. The lowest BCUT2D eigenvalue weighted by Gasteiger charge is -2.20. The molecule has 2 N–H and O–H groups in total. The van der Waals surface area contributed by atoms with E-state index in [9.17, 15) is 0 Å². The zero-order valence-electron chi connectivity index (χ0n) is 8.96. The molecule has 0 aliphatic carbocycles. The van der Waals surface area contributed by atoms with Crippen LogP contribution >= 0.6 is 0 Å². The van der Waals surface area contributed by atoms with Crippen LogP contribution in [-0.4, -0.2) is 19.1 Å². The fraction of sp³-hybridized carbons (Fsp3) is 0.500. The molecule has 1 saturated heterocycles. The SMILES string of the molecule is Cc1ccc(N2CCC(N)C2)c(C)c1. The molecule has 1 atom stereocenters. The minimum Gasteiger partial charge on any atom is -0.370 e. The highest BCUT2D eigenvalue weighted by Gasteiger charge is 2.20. The monoisotopic (exact) mass is 190 g/mol. The molecule has 1 aliphatic heterocycles. The Kier molecular flexibility index (Phi) is 2.46. The van der Waals surface area contributed by atoms with Crippen molar-refractivity contribution in [1.29, 1.82) is 0 Å². The van der Waals surface area contributed by atoms with Crippen molar-refractivity contribution in [2.75, 3.05) is 18.0 Å². The third-order valence-electron chi connectivity index (χ3n) is 2.92. The number of nitrogens with zero attached hydrogens (tertiary/aromatic N) is 1. The molecule has 1 fully saturated rings. The molecule has 1 aromatic carbocycles. The van der Waals surface area contributed by atoms with E-state index in [1.165, 1.54) is 16.8 Å². The Balaban J connectivity index is 2.24. The van der Waals surface area contributed by atoms with E-state index >= 15 is 0 Å². The molecule has 2 rings (SSSR count). The first-order chi connectivity index (χ1) is 6.66. The molecule has 0 radical (unpaired) electrons. The van der Waals surface area contributed by atoms with E-state index in [0.29, 0.717) is 6.04 Å². The van der Waals surface area contributed by atoms with Gasteiger partial charge in [0.05, 0.1) is 0 Å². The van der Waals surface area contributed by atoms with Gasteiger partial charge in [-0.2, -0.15) is 0 Å². The molecule has 2 heteroatoms. The number of rotatable bonds is 1. The number of hydrogen-bond donors (Lipinski definition) is 1. The Hall–Kier alpha value is -1.02. The first-order valence-electron chi connectivity index (χ1n) is 5.24. The van der Waals surface area contributed by atoms with Crippen molar-refractivity contribution in [3.63, 3.8) is 0 Å². The maximum Gasteiger partial charge on any atom is 0.0396 e. The van der Waals surface area contributed by atoms with Gasteiger partial charge in [0.2, 0.25) is 0 Å². The quantitative estimate of drug-likeness (QED) is 0.732. The summed E-state index contributed by atoms with van der Waals surface area (Å²) >= 11 is 0. The average molecular weight is 190 g/mol. The molecular formula is C12H18N2. The first-order valence-corrected chi connectivity index (χ1v) is 5.24. The van der Waals surface area contributed by atoms with Gasteiger partial charge >= 0.3 is 0 Å². The van der Waals surface area contributed by atoms with E-state index in [1.54, 1.807) is 0 Å². The number of anilines is 1. The molecule has 0 bridgehead atoms. The Bertz CT molecular complexity index is 333. The van der Waals surface area contributed by atoms with Gasteiger partial charge in [-0.1, -0.05) is 17.7 Å². The van der Waals surface area contributed by atoms with E-state index < -0.39 is 0 Å². The molecule has 1 aliphatic rings. The first kappa shape index (κ1) is 9.53. The molecule has 1 unspecified atom stereocenters. The average Bonchev–Trinajstić information content (AvgIpc) is 2.51. The van der Waals surface area contributed by atoms with E-state index in [-0.39, 0.29) is 0 Å². The smallest absolute Gasteiger partial charge is 0.0396 e. The highest BCUT2D eigenvalue weighted by Crippen LogP contribution is 2.24. The maximum absolute atomic E-state index is 5.90. The summed E-state index contributed by atoms with van der Waals surface area (Å²) in [6, 6.07) is 6.98. The van der Waals surface area contributed by atoms with Crippen molar-refractivity contribution in [2.24, 2.45) is 5.73 Å². The Morgan fingerprint density at radius 3 is 2.71 bits per heavy atom. The third kappa shape index (κ3) is 1.75. The Labute approximate surface area is 85.7 Å². The van der Waals surface area contributed by atoms with Crippen LogP contribution in [-0.2, 0) is 0 Å². The number of benzene rings is 1. The summed E-state index contributed by atoms with van der Waals surface area (Å²) < 4.78 is 0. The second-order valence-electron chi connectivity index (χ2n) is 4.28. The second-order valence-corrected chi connectivity index (χ2v) is 4.28. The minimum atomic E-state index is 0.357. The summed E-state index contributed by atoms with van der Waals surface area (Å²) in [7, 11) is 0. The maximum atomic E-state index is 5.90. The van der Waals surface area contributed by atoms with Gasteiger partial charge in [0.15, 0.2) is 0 Å². The van der Waals surface area contributed by atoms with Gasteiger partial charge in [-0.25, -0.2) is 0 Å². The van der Waals surface area contributed by atoms with Crippen LogP contribution < -0.4 is 10.6 Å². The van der Waals surface area contributed by atoms with Gasteiger partial charge in [0, 0.05) is 24.8 Å². The number of nitrogens with two attached hydrogens (primary N) is 1. The molecule has 76 valence electrons. The van der Waals surface area contributed by atoms with Crippen LogP contribution in [0, 0.1) is 13.8 Å². The van der Waals surface area contributed by atoms with E-state index in [4.69, 9.17) is 5.73 Å². The largest absolute Gasteiger partial charge is 0.370 e. The van der Waals surface area contributed by atoms with Gasteiger partial charge in [-0.05, 0) is 31.9 Å². The Morgan fingerprint density at radius 1 is 1.36 bits per heavy atom. The predicted molar refractivity (Wildman–Crippen MR) is 60.7 cm³/mol. The van der Waals surface area contributed by atoms with Crippen molar-refractivity contribution in [3.05, 3.63) is 29.3 Å². The standard InChI is InChI=1S/C12H18N2/c1-9-3-4-12(10(2)7-9)14-6-5-11(13)8-14/h3-4,7,11H,5-6,8,13H2,1-2H3. The molecule has 0 amide bonds.